The fourth-order valence-electron chi connectivity index (χ4n) is 1.38. The highest BCUT2D eigenvalue weighted by atomic mass is 16.4. The number of hydrogen-bond acceptors (Lipinski definition) is 3. The van der Waals surface area contributed by atoms with Gasteiger partial charge in [0.05, 0.1) is 18.7 Å². The molecule has 0 aliphatic heterocycles. The summed E-state index contributed by atoms with van der Waals surface area (Å²) >= 11 is 0. The van der Waals surface area contributed by atoms with E-state index in [1.54, 1.807) is 4.90 Å². The van der Waals surface area contributed by atoms with E-state index in [1.807, 2.05) is 13.8 Å². The van der Waals surface area contributed by atoms with E-state index in [9.17, 15) is 9.90 Å². The topological polar surface area (TPSA) is 60.8 Å². The maximum absolute atomic E-state index is 10.6. The monoisotopic (exact) mass is 213 g/mol. The Bertz CT molecular complexity index is 241. The second kappa shape index (κ2) is 6.44. The smallest absolute Gasteiger partial charge is 0.317 e. The van der Waals surface area contributed by atoms with Crippen LogP contribution < -0.4 is 0 Å². The van der Waals surface area contributed by atoms with Crippen LogP contribution in [0.15, 0.2) is 0 Å². The maximum Gasteiger partial charge on any atom is 0.317 e. The second-order valence-electron chi connectivity index (χ2n) is 3.67. The van der Waals surface area contributed by atoms with Crippen molar-refractivity contribution in [2.75, 3.05) is 19.6 Å². The molecule has 0 unspecified atom stereocenters. The van der Waals surface area contributed by atoms with Crippen molar-refractivity contribution in [2.45, 2.75) is 32.3 Å². The lowest BCUT2D eigenvalue weighted by Gasteiger charge is -2.31. The molecule has 2 N–H and O–H groups in total. The molecule has 15 heavy (non-hydrogen) atoms. The number of rotatable bonds is 7. The highest BCUT2D eigenvalue weighted by molar-refractivity contribution is 5.69. The molecule has 0 rings (SSSR count). The molecule has 0 atom stereocenters. The van der Waals surface area contributed by atoms with Crippen LogP contribution in [0.4, 0.5) is 0 Å². The van der Waals surface area contributed by atoms with Crippen LogP contribution in [0.2, 0.25) is 0 Å². The lowest BCUT2D eigenvalue weighted by molar-refractivity contribution is -0.139. The number of nitrogens with zero attached hydrogens (tertiary/aromatic N) is 1. The summed E-state index contributed by atoms with van der Waals surface area (Å²) in [6, 6.07) is 0. The van der Waals surface area contributed by atoms with E-state index < -0.39 is 11.6 Å². The van der Waals surface area contributed by atoms with Gasteiger partial charge in [0.25, 0.3) is 0 Å². The molecule has 4 heteroatoms. The first-order valence-corrected chi connectivity index (χ1v) is 5.07. The van der Waals surface area contributed by atoms with Crippen molar-refractivity contribution in [2.24, 2.45) is 0 Å². The first-order chi connectivity index (χ1) is 6.97. The minimum absolute atomic E-state index is 0.132. The standard InChI is InChI=1S/C11H19NO3/c1-4-7-12(8-10(13)14)9-11(15,5-2)6-3/h1,15H,5-9H2,2-3H3,(H,13,14). The van der Waals surface area contributed by atoms with Crippen molar-refractivity contribution in [3.63, 3.8) is 0 Å². The number of carbonyl (C=O) groups is 1. The van der Waals surface area contributed by atoms with Crippen molar-refractivity contribution in [3.8, 4) is 12.3 Å². The molecule has 0 saturated carbocycles. The zero-order valence-corrected chi connectivity index (χ0v) is 9.36. The SMILES string of the molecule is C#CCN(CC(=O)O)CC(O)(CC)CC. The van der Waals surface area contributed by atoms with Gasteiger partial charge in [0.1, 0.15) is 0 Å². The van der Waals surface area contributed by atoms with Gasteiger partial charge >= 0.3 is 5.97 Å². The Morgan fingerprint density at radius 3 is 2.33 bits per heavy atom. The van der Waals surface area contributed by atoms with E-state index in [0.29, 0.717) is 19.4 Å². The molecular formula is C11H19NO3. The molecule has 0 aromatic heterocycles. The van der Waals surface area contributed by atoms with E-state index >= 15 is 0 Å². The summed E-state index contributed by atoms with van der Waals surface area (Å²) in [5.41, 5.74) is -0.841. The normalized spacial score (nSPS) is 11.4. The fraction of sp³-hybridized carbons (Fsp3) is 0.727. The number of carboxylic acids is 1. The molecule has 0 amide bonds. The maximum atomic E-state index is 10.6. The Kier molecular flexibility index (Phi) is 5.99. The molecule has 0 heterocycles. The molecular weight excluding hydrogens is 194 g/mol. The van der Waals surface area contributed by atoms with Crippen molar-refractivity contribution < 1.29 is 15.0 Å². The highest BCUT2D eigenvalue weighted by Crippen LogP contribution is 2.16. The van der Waals surface area contributed by atoms with Gasteiger partial charge in [-0.05, 0) is 12.8 Å². The van der Waals surface area contributed by atoms with Crippen LogP contribution in [0.1, 0.15) is 26.7 Å². The largest absolute Gasteiger partial charge is 0.480 e. The van der Waals surface area contributed by atoms with E-state index in [2.05, 4.69) is 5.92 Å². The van der Waals surface area contributed by atoms with Crippen LogP contribution in [0.5, 0.6) is 0 Å². The van der Waals surface area contributed by atoms with Gasteiger partial charge < -0.3 is 10.2 Å². The predicted octanol–water partition coefficient (Wildman–Crippen LogP) is 0.557. The highest BCUT2D eigenvalue weighted by Gasteiger charge is 2.26. The quantitative estimate of drug-likeness (QED) is 0.607. The molecule has 0 bridgehead atoms. The van der Waals surface area contributed by atoms with Gasteiger partial charge in [-0.1, -0.05) is 19.8 Å². The second-order valence-corrected chi connectivity index (χ2v) is 3.67. The number of hydrogen-bond donors (Lipinski definition) is 2. The zero-order chi connectivity index (χ0) is 11.9. The van der Waals surface area contributed by atoms with E-state index in [4.69, 9.17) is 11.5 Å². The van der Waals surface area contributed by atoms with Crippen molar-refractivity contribution in [1.82, 2.24) is 4.90 Å². The Hall–Kier alpha value is -1.05. The van der Waals surface area contributed by atoms with E-state index in [0.717, 1.165) is 0 Å². The summed E-state index contributed by atoms with van der Waals surface area (Å²) in [7, 11) is 0. The summed E-state index contributed by atoms with van der Waals surface area (Å²) in [5, 5.41) is 18.7. The third-order valence-corrected chi connectivity index (χ3v) is 2.51. The Balaban J connectivity index is 4.38. The van der Waals surface area contributed by atoms with Gasteiger partial charge in [0, 0.05) is 6.54 Å². The molecule has 0 fully saturated rings. The molecule has 0 radical (unpaired) electrons. The van der Waals surface area contributed by atoms with Crippen LogP contribution in [0, 0.1) is 12.3 Å². The van der Waals surface area contributed by atoms with Gasteiger partial charge in [0.2, 0.25) is 0 Å². The Labute approximate surface area is 90.9 Å². The summed E-state index contributed by atoms with van der Waals surface area (Å²) < 4.78 is 0. The fourth-order valence-corrected chi connectivity index (χ4v) is 1.38. The molecule has 4 nitrogen and oxygen atoms in total. The number of aliphatic hydroxyl groups is 1. The Morgan fingerprint density at radius 1 is 1.47 bits per heavy atom. The average Bonchev–Trinajstić information content (AvgIpc) is 2.17. The van der Waals surface area contributed by atoms with Gasteiger partial charge in [-0.2, -0.15) is 0 Å². The number of terminal acetylenes is 1. The van der Waals surface area contributed by atoms with Crippen molar-refractivity contribution >= 4 is 5.97 Å². The van der Waals surface area contributed by atoms with Crippen molar-refractivity contribution in [3.05, 3.63) is 0 Å². The minimum Gasteiger partial charge on any atom is -0.480 e. The lowest BCUT2D eigenvalue weighted by atomic mass is 9.97. The van der Waals surface area contributed by atoms with Crippen LogP contribution in [-0.4, -0.2) is 46.3 Å². The molecule has 0 spiro atoms. The van der Waals surface area contributed by atoms with Gasteiger partial charge in [-0.3, -0.25) is 9.69 Å². The first-order valence-electron chi connectivity index (χ1n) is 5.07. The summed E-state index contributed by atoms with van der Waals surface area (Å²) in [5.74, 6) is 1.46. The van der Waals surface area contributed by atoms with E-state index in [-0.39, 0.29) is 13.1 Å². The van der Waals surface area contributed by atoms with Crippen LogP contribution in [0.3, 0.4) is 0 Å². The third-order valence-electron chi connectivity index (χ3n) is 2.51. The van der Waals surface area contributed by atoms with Crippen LogP contribution >= 0.6 is 0 Å². The summed E-state index contributed by atoms with van der Waals surface area (Å²) in [6.07, 6.45) is 6.32. The van der Waals surface area contributed by atoms with Gasteiger partial charge in [0.15, 0.2) is 0 Å². The number of aliphatic carboxylic acids is 1. The van der Waals surface area contributed by atoms with Gasteiger partial charge in [-0.15, -0.1) is 6.42 Å². The average molecular weight is 213 g/mol. The summed E-state index contributed by atoms with van der Waals surface area (Å²) in [4.78, 5) is 12.1. The first kappa shape index (κ1) is 13.9. The molecule has 86 valence electrons. The van der Waals surface area contributed by atoms with Crippen LogP contribution in [0.25, 0.3) is 0 Å². The molecule has 0 aliphatic carbocycles. The zero-order valence-electron chi connectivity index (χ0n) is 9.36. The van der Waals surface area contributed by atoms with E-state index in [1.165, 1.54) is 0 Å². The Morgan fingerprint density at radius 2 is 2.00 bits per heavy atom. The van der Waals surface area contributed by atoms with Gasteiger partial charge in [-0.25, -0.2) is 0 Å². The van der Waals surface area contributed by atoms with Crippen molar-refractivity contribution in [1.29, 1.82) is 0 Å². The van der Waals surface area contributed by atoms with Crippen LogP contribution in [-0.2, 0) is 4.79 Å². The predicted molar refractivity (Wildman–Crippen MR) is 58.4 cm³/mol. The molecule has 0 aromatic rings. The molecule has 0 aliphatic rings. The third kappa shape index (κ3) is 5.40. The summed E-state index contributed by atoms with van der Waals surface area (Å²) in [6.45, 7) is 4.16. The number of carboxylic acid groups (broad SMARTS) is 1. The lowest BCUT2D eigenvalue weighted by Crippen LogP contribution is -2.44. The minimum atomic E-state index is -0.931. The molecule has 0 saturated heterocycles. The molecule has 0 aromatic carbocycles.